The molecule has 188 valence electrons. The number of carbonyl (C=O) groups is 1. The summed E-state index contributed by atoms with van der Waals surface area (Å²) in [6.07, 6.45) is 2.86. The molecule has 2 aliphatic rings. The number of piperidine rings is 1. The summed E-state index contributed by atoms with van der Waals surface area (Å²) in [4.78, 5) is 23.5. The van der Waals surface area contributed by atoms with Crippen LogP contribution in [0.3, 0.4) is 0 Å². The standard InChI is InChI=1S/C27H38N6O2/c1-19-15-22(30-20(2)31-11-13-32(14-12-31)26(34)35-27(3,4)5)18-33(17-19)24-9-8-21(16-28)25-23(24)7-6-10-29-25/h6-10,19-20,22,30H,11-15,17-18H2,1-5H3/t19-,20?,22+/m0/s1. The average molecular weight is 479 g/mol. The molecule has 1 unspecified atom stereocenters. The van der Waals surface area contributed by atoms with Crippen molar-refractivity contribution in [2.75, 3.05) is 44.2 Å². The zero-order chi connectivity index (χ0) is 25.2. The second-order valence-corrected chi connectivity index (χ2v) is 10.9. The molecule has 4 rings (SSSR count). The normalized spacial score (nSPS) is 22.6. The van der Waals surface area contributed by atoms with Crippen LogP contribution >= 0.6 is 0 Å². The SMILES string of the molecule is CC(N[C@@H]1C[C@H](C)CN(c2ccc(C#N)c3ncccc23)C1)N1CCN(C(=O)OC(C)(C)C)CC1. The summed E-state index contributed by atoms with van der Waals surface area (Å²) in [5, 5.41) is 14.4. The first-order valence-electron chi connectivity index (χ1n) is 12.7. The Morgan fingerprint density at radius 1 is 1.20 bits per heavy atom. The minimum atomic E-state index is -0.469. The van der Waals surface area contributed by atoms with Gasteiger partial charge < -0.3 is 14.5 Å². The average Bonchev–Trinajstić information content (AvgIpc) is 2.82. The van der Waals surface area contributed by atoms with Crippen molar-refractivity contribution in [1.82, 2.24) is 20.1 Å². The lowest BCUT2D eigenvalue weighted by Gasteiger charge is -2.43. The summed E-state index contributed by atoms with van der Waals surface area (Å²) in [5.74, 6) is 0.542. The van der Waals surface area contributed by atoms with Gasteiger partial charge in [0.15, 0.2) is 0 Å². The van der Waals surface area contributed by atoms with Gasteiger partial charge in [0.05, 0.1) is 17.2 Å². The van der Waals surface area contributed by atoms with Gasteiger partial charge in [-0.1, -0.05) is 6.92 Å². The number of pyridine rings is 1. The summed E-state index contributed by atoms with van der Waals surface area (Å²) >= 11 is 0. The molecule has 35 heavy (non-hydrogen) atoms. The molecule has 0 bridgehead atoms. The monoisotopic (exact) mass is 478 g/mol. The Hall–Kier alpha value is -2.89. The number of hydrogen-bond donors (Lipinski definition) is 1. The van der Waals surface area contributed by atoms with Crippen molar-refractivity contribution in [2.24, 2.45) is 5.92 Å². The Kier molecular flexibility index (Phi) is 7.48. The zero-order valence-electron chi connectivity index (χ0n) is 21.6. The second-order valence-electron chi connectivity index (χ2n) is 10.9. The topological polar surface area (TPSA) is 84.7 Å². The molecule has 8 nitrogen and oxygen atoms in total. The van der Waals surface area contributed by atoms with Crippen LogP contribution in [0.4, 0.5) is 10.5 Å². The van der Waals surface area contributed by atoms with Crippen molar-refractivity contribution in [1.29, 1.82) is 5.26 Å². The number of nitrogens with one attached hydrogen (secondary N) is 1. The van der Waals surface area contributed by atoms with Crippen molar-refractivity contribution >= 4 is 22.7 Å². The van der Waals surface area contributed by atoms with Crippen molar-refractivity contribution in [2.45, 2.75) is 58.8 Å². The molecular formula is C27H38N6O2. The minimum absolute atomic E-state index is 0.215. The molecule has 1 aromatic carbocycles. The van der Waals surface area contributed by atoms with E-state index >= 15 is 0 Å². The Bertz CT molecular complexity index is 1080. The lowest BCUT2D eigenvalue weighted by atomic mass is 9.94. The molecule has 2 saturated heterocycles. The number of nitriles is 1. The van der Waals surface area contributed by atoms with Crippen molar-refractivity contribution in [3.8, 4) is 6.07 Å². The van der Waals surface area contributed by atoms with Gasteiger partial charge in [0.2, 0.25) is 0 Å². The van der Waals surface area contributed by atoms with Gasteiger partial charge in [-0.05, 0) is 64.3 Å². The number of benzene rings is 1. The quantitative estimate of drug-likeness (QED) is 0.715. The van der Waals surface area contributed by atoms with Gasteiger partial charge >= 0.3 is 6.09 Å². The highest BCUT2D eigenvalue weighted by Crippen LogP contribution is 2.31. The number of piperazine rings is 1. The Morgan fingerprint density at radius 3 is 2.63 bits per heavy atom. The number of carbonyl (C=O) groups excluding carboxylic acids is 1. The van der Waals surface area contributed by atoms with Crippen LogP contribution in [0.1, 0.15) is 46.6 Å². The molecule has 0 saturated carbocycles. The first-order chi connectivity index (χ1) is 16.6. The van der Waals surface area contributed by atoms with Crippen LogP contribution in [0.2, 0.25) is 0 Å². The number of rotatable bonds is 4. The largest absolute Gasteiger partial charge is 0.444 e. The number of aromatic nitrogens is 1. The summed E-state index contributed by atoms with van der Waals surface area (Å²) in [7, 11) is 0. The first-order valence-corrected chi connectivity index (χ1v) is 12.7. The Labute approximate surface area is 208 Å². The number of anilines is 1. The molecular weight excluding hydrogens is 440 g/mol. The molecule has 3 atom stereocenters. The Balaban J connectivity index is 1.38. The number of fused-ring (bicyclic) bond motifs is 1. The predicted molar refractivity (Wildman–Crippen MR) is 138 cm³/mol. The maximum absolute atomic E-state index is 12.4. The fourth-order valence-electron chi connectivity index (χ4n) is 5.26. The fraction of sp³-hybridized carbons (Fsp3) is 0.593. The summed E-state index contributed by atoms with van der Waals surface area (Å²) in [5.41, 5.74) is 2.06. The minimum Gasteiger partial charge on any atom is -0.444 e. The molecule has 0 radical (unpaired) electrons. The van der Waals surface area contributed by atoms with Crippen LogP contribution in [0, 0.1) is 17.2 Å². The molecule has 1 amide bonds. The highest BCUT2D eigenvalue weighted by Gasteiger charge is 2.31. The molecule has 0 aliphatic carbocycles. The Morgan fingerprint density at radius 2 is 1.94 bits per heavy atom. The van der Waals surface area contributed by atoms with E-state index in [-0.39, 0.29) is 12.3 Å². The van der Waals surface area contributed by atoms with Crippen LogP contribution in [-0.2, 0) is 4.74 Å². The lowest BCUT2D eigenvalue weighted by molar-refractivity contribution is 0.00844. The van der Waals surface area contributed by atoms with E-state index in [0.29, 0.717) is 30.6 Å². The van der Waals surface area contributed by atoms with E-state index in [0.717, 1.165) is 49.2 Å². The van der Waals surface area contributed by atoms with Gasteiger partial charge in [-0.2, -0.15) is 5.26 Å². The molecule has 2 fully saturated rings. The van der Waals surface area contributed by atoms with Gasteiger partial charge in [0, 0.05) is 62.6 Å². The zero-order valence-corrected chi connectivity index (χ0v) is 21.6. The third-order valence-electron chi connectivity index (χ3n) is 6.86. The number of hydrogen-bond acceptors (Lipinski definition) is 7. The van der Waals surface area contributed by atoms with Gasteiger partial charge in [-0.15, -0.1) is 0 Å². The molecule has 1 N–H and O–H groups in total. The lowest BCUT2D eigenvalue weighted by Crippen LogP contribution is -2.59. The number of amides is 1. The van der Waals surface area contributed by atoms with E-state index in [9.17, 15) is 10.1 Å². The van der Waals surface area contributed by atoms with E-state index in [1.165, 1.54) is 0 Å². The fourth-order valence-corrected chi connectivity index (χ4v) is 5.26. The second kappa shape index (κ2) is 10.4. The summed E-state index contributed by atoms with van der Waals surface area (Å²) in [6, 6.07) is 10.6. The summed E-state index contributed by atoms with van der Waals surface area (Å²) < 4.78 is 5.53. The van der Waals surface area contributed by atoms with Crippen LogP contribution < -0.4 is 10.2 Å². The van der Waals surface area contributed by atoms with Crippen molar-refractivity contribution < 1.29 is 9.53 Å². The molecule has 3 heterocycles. The van der Waals surface area contributed by atoms with E-state index in [4.69, 9.17) is 4.74 Å². The molecule has 8 heteroatoms. The maximum atomic E-state index is 12.4. The first kappa shape index (κ1) is 25.2. The molecule has 1 aromatic heterocycles. The van der Waals surface area contributed by atoms with Crippen LogP contribution in [0.25, 0.3) is 10.9 Å². The van der Waals surface area contributed by atoms with E-state index in [1.54, 1.807) is 6.20 Å². The smallest absolute Gasteiger partial charge is 0.410 e. The van der Waals surface area contributed by atoms with Crippen molar-refractivity contribution in [3.05, 3.63) is 36.0 Å². The number of nitrogens with zero attached hydrogens (tertiary/aromatic N) is 5. The van der Waals surface area contributed by atoms with Crippen molar-refractivity contribution in [3.63, 3.8) is 0 Å². The van der Waals surface area contributed by atoms with E-state index in [2.05, 4.69) is 52.2 Å². The molecule has 2 aromatic rings. The van der Waals surface area contributed by atoms with Gasteiger partial charge in [0.25, 0.3) is 0 Å². The van der Waals surface area contributed by atoms with Gasteiger partial charge in [-0.25, -0.2) is 4.79 Å². The number of ether oxygens (including phenoxy) is 1. The van der Waals surface area contributed by atoms with E-state index < -0.39 is 5.60 Å². The van der Waals surface area contributed by atoms with Crippen LogP contribution in [0.15, 0.2) is 30.5 Å². The third-order valence-corrected chi connectivity index (χ3v) is 6.86. The van der Waals surface area contributed by atoms with Crippen LogP contribution in [0.5, 0.6) is 0 Å². The molecule has 2 aliphatic heterocycles. The maximum Gasteiger partial charge on any atom is 0.410 e. The van der Waals surface area contributed by atoms with Crippen LogP contribution in [-0.4, -0.2) is 78.0 Å². The predicted octanol–water partition coefficient (Wildman–Crippen LogP) is 3.81. The van der Waals surface area contributed by atoms with Gasteiger partial charge in [0.1, 0.15) is 11.7 Å². The molecule has 0 spiro atoms. The highest BCUT2D eigenvalue weighted by atomic mass is 16.6. The summed E-state index contributed by atoms with van der Waals surface area (Å²) in [6.45, 7) is 15.1. The third kappa shape index (κ3) is 6.03. The highest BCUT2D eigenvalue weighted by molar-refractivity contribution is 5.95. The van der Waals surface area contributed by atoms with E-state index in [1.807, 2.05) is 37.8 Å². The van der Waals surface area contributed by atoms with Gasteiger partial charge in [-0.3, -0.25) is 15.2 Å².